The second-order valence-electron chi connectivity index (χ2n) is 8.54. The lowest BCUT2D eigenvalue weighted by molar-refractivity contribution is -0.114. The van der Waals surface area contributed by atoms with Crippen molar-refractivity contribution in [3.05, 3.63) is 89.7 Å². The Hall–Kier alpha value is -3.27. The summed E-state index contributed by atoms with van der Waals surface area (Å²) in [5, 5.41) is 0. The van der Waals surface area contributed by atoms with Gasteiger partial charge < -0.3 is 15.2 Å². The fourth-order valence-electron chi connectivity index (χ4n) is 4.38. The first-order valence-electron chi connectivity index (χ1n) is 11.6. The summed E-state index contributed by atoms with van der Waals surface area (Å²) in [6.45, 7) is 0. The summed E-state index contributed by atoms with van der Waals surface area (Å²) in [7, 11) is 0. The molecule has 0 bridgehead atoms. The molecular weight excluding hydrogens is 398 g/mol. The lowest BCUT2D eigenvalue weighted by Gasteiger charge is -2.21. The number of primary amides is 1. The molecular formula is C28H31NO3. The van der Waals surface area contributed by atoms with E-state index >= 15 is 0 Å². The second-order valence-corrected chi connectivity index (χ2v) is 8.54. The predicted molar refractivity (Wildman–Crippen MR) is 127 cm³/mol. The van der Waals surface area contributed by atoms with E-state index in [2.05, 4.69) is 6.08 Å². The van der Waals surface area contributed by atoms with Gasteiger partial charge in [0.1, 0.15) is 23.0 Å². The van der Waals surface area contributed by atoms with E-state index in [0.717, 1.165) is 30.3 Å². The topological polar surface area (TPSA) is 61.6 Å². The predicted octanol–water partition coefficient (Wildman–Crippen LogP) is 6.84. The molecule has 2 aromatic rings. The van der Waals surface area contributed by atoms with Crippen LogP contribution >= 0.6 is 0 Å². The number of nitrogens with two attached hydrogens (primary N) is 1. The molecule has 0 unspecified atom stereocenters. The van der Waals surface area contributed by atoms with Crippen molar-refractivity contribution in [2.45, 2.75) is 51.4 Å². The van der Waals surface area contributed by atoms with Crippen molar-refractivity contribution in [3.8, 4) is 17.2 Å². The summed E-state index contributed by atoms with van der Waals surface area (Å²) in [5.41, 5.74) is 7.32. The van der Waals surface area contributed by atoms with Crippen LogP contribution in [0, 0.1) is 5.92 Å². The van der Waals surface area contributed by atoms with Crippen LogP contribution in [-0.4, -0.2) is 5.91 Å². The van der Waals surface area contributed by atoms with Gasteiger partial charge >= 0.3 is 0 Å². The first-order chi connectivity index (χ1) is 15.7. The monoisotopic (exact) mass is 429 g/mol. The van der Waals surface area contributed by atoms with Gasteiger partial charge in [-0.15, -0.1) is 0 Å². The Morgan fingerprint density at radius 3 is 2.19 bits per heavy atom. The van der Waals surface area contributed by atoms with Crippen LogP contribution in [0.25, 0.3) is 0 Å². The van der Waals surface area contributed by atoms with Gasteiger partial charge in [0.15, 0.2) is 0 Å². The van der Waals surface area contributed by atoms with Gasteiger partial charge in [-0.2, -0.15) is 0 Å². The highest BCUT2D eigenvalue weighted by molar-refractivity contribution is 5.96. The zero-order chi connectivity index (χ0) is 22.2. The molecule has 0 atom stereocenters. The van der Waals surface area contributed by atoms with E-state index in [1.54, 1.807) is 0 Å². The third-order valence-corrected chi connectivity index (χ3v) is 6.14. The fourth-order valence-corrected chi connectivity index (χ4v) is 4.38. The Labute approximate surface area is 190 Å². The molecule has 4 nitrogen and oxygen atoms in total. The molecule has 0 radical (unpaired) electrons. The number of para-hydroxylation sites is 1. The van der Waals surface area contributed by atoms with E-state index in [9.17, 15) is 4.79 Å². The first kappa shape index (κ1) is 21.9. The summed E-state index contributed by atoms with van der Waals surface area (Å²) < 4.78 is 11.9. The minimum atomic E-state index is -0.467. The van der Waals surface area contributed by atoms with Gasteiger partial charge in [-0.3, -0.25) is 4.79 Å². The fraction of sp³-hybridized carbons (Fsp3) is 0.321. The number of benzene rings is 2. The van der Waals surface area contributed by atoms with Crippen LogP contribution in [0.5, 0.6) is 17.2 Å². The smallest absolute Gasteiger partial charge is 0.252 e. The second kappa shape index (κ2) is 10.9. The van der Waals surface area contributed by atoms with E-state index in [1.165, 1.54) is 44.1 Å². The van der Waals surface area contributed by atoms with E-state index < -0.39 is 5.91 Å². The molecule has 0 spiro atoms. The van der Waals surface area contributed by atoms with Gasteiger partial charge in [-0.1, -0.05) is 62.0 Å². The van der Waals surface area contributed by atoms with Crippen molar-refractivity contribution < 1.29 is 14.3 Å². The molecule has 1 amide bonds. The molecule has 166 valence electrons. The molecule has 0 aromatic heterocycles. The van der Waals surface area contributed by atoms with Crippen LogP contribution in [-0.2, 0) is 4.79 Å². The molecule has 0 saturated heterocycles. The quantitative estimate of drug-likeness (QED) is 0.499. The Morgan fingerprint density at radius 1 is 0.844 bits per heavy atom. The molecule has 0 heterocycles. The first-order valence-corrected chi connectivity index (χ1v) is 11.6. The number of amides is 1. The zero-order valence-electron chi connectivity index (χ0n) is 18.5. The van der Waals surface area contributed by atoms with Crippen LogP contribution in [0.4, 0.5) is 0 Å². The number of hydrogen-bond donors (Lipinski definition) is 1. The van der Waals surface area contributed by atoms with E-state index in [4.69, 9.17) is 15.2 Å². The number of rotatable bonds is 8. The molecule has 0 aliphatic heterocycles. The average molecular weight is 430 g/mol. The molecule has 32 heavy (non-hydrogen) atoms. The van der Waals surface area contributed by atoms with Gasteiger partial charge in [0, 0.05) is 0 Å². The molecule has 1 saturated carbocycles. The molecule has 2 aromatic carbocycles. The van der Waals surface area contributed by atoms with Crippen molar-refractivity contribution in [2.75, 3.05) is 0 Å². The standard InChI is InChI=1S/C28H31NO3/c29-28(30)26-20-22(15-14-21-8-3-1-4-9-21)10-7-13-27(26)32-25-18-16-24(17-19-25)31-23-11-5-2-6-12-23/h2,5-6,10-13,16-21H,1,3-4,7-9,14-15H2,(H2,29,30). The van der Waals surface area contributed by atoms with Gasteiger partial charge in [-0.05, 0) is 73.7 Å². The van der Waals surface area contributed by atoms with Crippen molar-refractivity contribution >= 4 is 5.91 Å². The number of ether oxygens (including phenoxy) is 2. The largest absolute Gasteiger partial charge is 0.457 e. The third-order valence-electron chi connectivity index (χ3n) is 6.14. The molecule has 2 aliphatic rings. The van der Waals surface area contributed by atoms with Crippen molar-refractivity contribution in [2.24, 2.45) is 11.7 Å². The van der Waals surface area contributed by atoms with Crippen LogP contribution < -0.4 is 15.2 Å². The van der Waals surface area contributed by atoms with Gasteiger partial charge in [-0.25, -0.2) is 0 Å². The zero-order valence-corrected chi connectivity index (χ0v) is 18.5. The molecule has 2 aliphatic carbocycles. The lowest BCUT2D eigenvalue weighted by Crippen LogP contribution is -2.18. The Morgan fingerprint density at radius 2 is 1.50 bits per heavy atom. The highest BCUT2D eigenvalue weighted by Gasteiger charge is 2.18. The summed E-state index contributed by atoms with van der Waals surface area (Å²) >= 11 is 0. The van der Waals surface area contributed by atoms with E-state index in [0.29, 0.717) is 17.1 Å². The summed E-state index contributed by atoms with van der Waals surface area (Å²) in [5.74, 6) is 2.98. The van der Waals surface area contributed by atoms with Crippen LogP contribution in [0.15, 0.2) is 89.7 Å². The SMILES string of the molecule is NC(=O)C1=CC(CCC2CCCCC2)=CCC=C1Oc1ccc(Oc2ccccc2)cc1. The maximum atomic E-state index is 12.2. The minimum Gasteiger partial charge on any atom is -0.457 e. The molecule has 4 rings (SSSR count). The summed E-state index contributed by atoms with van der Waals surface area (Å²) in [4.78, 5) is 12.2. The Balaban J connectivity index is 1.40. The molecule has 1 fully saturated rings. The molecule has 4 heteroatoms. The van der Waals surface area contributed by atoms with Gasteiger partial charge in [0.05, 0.1) is 5.57 Å². The third kappa shape index (κ3) is 6.13. The number of carbonyl (C=O) groups excluding carboxylic acids is 1. The normalized spacial score (nSPS) is 16.9. The van der Waals surface area contributed by atoms with E-state index in [1.807, 2.05) is 66.7 Å². The van der Waals surface area contributed by atoms with Crippen LogP contribution in [0.3, 0.4) is 0 Å². The van der Waals surface area contributed by atoms with Gasteiger partial charge in [0.2, 0.25) is 0 Å². The van der Waals surface area contributed by atoms with Crippen molar-refractivity contribution in [3.63, 3.8) is 0 Å². The Bertz CT molecular complexity index is 997. The Kier molecular flexibility index (Phi) is 7.44. The van der Waals surface area contributed by atoms with Crippen LogP contribution in [0.1, 0.15) is 51.4 Å². The number of hydrogen-bond acceptors (Lipinski definition) is 3. The minimum absolute atomic E-state index is 0.432. The van der Waals surface area contributed by atoms with Crippen LogP contribution in [0.2, 0.25) is 0 Å². The lowest BCUT2D eigenvalue weighted by atomic mass is 9.85. The van der Waals surface area contributed by atoms with Crippen molar-refractivity contribution in [1.29, 1.82) is 0 Å². The highest BCUT2D eigenvalue weighted by atomic mass is 16.5. The molecule has 2 N–H and O–H groups in total. The highest BCUT2D eigenvalue weighted by Crippen LogP contribution is 2.31. The summed E-state index contributed by atoms with van der Waals surface area (Å²) in [6.07, 6.45) is 15.6. The average Bonchev–Trinajstić information content (AvgIpc) is 3.03. The number of allylic oxidation sites excluding steroid dienone is 4. The van der Waals surface area contributed by atoms with Gasteiger partial charge in [0.25, 0.3) is 5.91 Å². The maximum Gasteiger partial charge on any atom is 0.252 e. The summed E-state index contributed by atoms with van der Waals surface area (Å²) in [6, 6.07) is 17.0. The number of carbonyl (C=O) groups is 1. The van der Waals surface area contributed by atoms with E-state index in [-0.39, 0.29) is 0 Å². The maximum absolute atomic E-state index is 12.2. The van der Waals surface area contributed by atoms with Crippen molar-refractivity contribution in [1.82, 2.24) is 0 Å².